The van der Waals surface area contributed by atoms with Gasteiger partial charge in [-0.05, 0) is 81.2 Å². The summed E-state index contributed by atoms with van der Waals surface area (Å²) in [5, 5.41) is 15.9. The molecular formula is C30H43N5O4. The number of unbranched alkanes of at least 4 members (excludes halogenated alkanes) is 1. The predicted octanol–water partition coefficient (Wildman–Crippen LogP) is 4.04. The third-order valence-electron chi connectivity index (χ3n) is 7.57. The summed E-state index contributed by atoms with van der Waals surface area (Å²) in [5.74, 6) is 1.30. The van der Waals surface area contributed by atoms with E-state index in [0.717, 1.165) is 68.9 Å². The molecule has 2 atom stereocenters. The molecule has 212 valence electrons. The fourth-order valence-corrected chi connectivity index (χ4v) is 5.22. The van der Waals surface area contributed by atoms with Gasteiger partial charge in [0.2, 0.25) is 0 Å². The zero-order valence-corrected chi connectivity index (χ0v) is 23.1. The maximum atomic E-state index is 12.6. The second-order valence-electron chi connectivity index (χ2n) is 10.8. The van der Waals surface area contributed by atoms with E-state index in [1.807, 2.05) is 30.3 Å². The maximum absolute atomic E-state index is 12.6. The summed E-state index contributed by atoms with van der Waals surface area (Å²) in [6, 6.07) is 12.8. The van der Waals surface area contributed by atoms with Gasteiger partial charge >= 0.3 is 12.0 Å². The van der Waals surface area contributed by atoms with E-state index in [4.69, 9.17) is 9.72 Å². The van der Waals surface area contributed by atoms with E-state index in [0.29, 0.717) is 45.1 Å². The lowest BCUT2D eigenvalue weighted by Gasteiger charge is -2.25. The standard InChI is InChI=1S/C30H43N5O4/c1-23-14-19-35(22-23)30(38)33-27(29(36)37)15-18-34(20-21-39-26-10-3-2-4-11-26)17-6-5-9-25-13-12-24-8-7-16-31-28(24)32-25/h2-4,10-13,23,27H,5-9,14-22H2,1H3,(H,31,32)(H,33,38)(H,36,37)/t23-,27-/m0/s1. The first-order valence-corrected chi connectivity index (χ1v) is 14.4. The molecule has 0 aliphatic carbocycles. The number of nitrogens with one attached hydrogen (secondary N) is 2. The van der Waals surface area contributed by atoms with Crippen LogP contribution in [0.25, 0.3) is 0 Å². The van der Waals surface area contributed by atoms with E-state index < -0.39 is 12.0 Å². The smallest absolute Gasteiger partial charge is 0.326 e. The number of anilines is 1. The van der Waals surface area contributed by atoms with E-state index in [1.54, 1.807) is 4.90 Å². The Morgan fingerprint density at radius 3 is 2.79 bits per heavy atom. The van der Waals surface area contributed by atoms with Crippen LogP contribution in [0.3, 0.4) is 0 Å². The third-order valence-corrected chi connectivity index (χ3v) is 7.57. The number of carbonyl (C=O) groups excluding carboxylic acids is 1. The van der Waals surface area contributed by atoms with Crippen molar-refractivity contribution >= 4 is 17.8 Å². The second kappa shape index (κ2) is 14.7. The molecule has 1 saturated heterocycles. The number of carbonyl (C=O) groups is 2. The van der Waals surface area contributed by atoms with Gasteiger partial charge in [-0.1, -0.05) is 31.2 Å². The van der Waals surface area contributed by atoms with Crippen LogP contribution in [0, 0.1) is 5.92 Å². The van der Waals surface area contributed by atoms with Crippen molar-refractivity contribution in [2.75, 3.05) is 51.2 Å². The lowest BCUT2D eigenvalue weighted by Crippen LogP contribution is -2.48. The van der Waals surface area contributed by atoms with Gasteiger partial charge < -0.3 is 25.4 Å². The van der Waals surface area contributed by atoms with E-state index in [1.165, 1.54) is 5.56 Å². The SMILES string of the molecule is C[C@H]1CCN(C(=O)N[C@@H](CCN(CCCCc2ccc3c(n2)NCCC3)CCOc2ccccc2)C(=O)O)C1. The van der Waals surface area contributed by atoms with Crippen LogP contribution in [-0.2, 0) is 17.6 Å². The topological polar surface area (TPSA) is 107 Å². The Morgan fingerprint density at radius 1 is 1.18 bits per heavy atom. The Morgan fingerprint density at radius 2 is 2.03 bits per heavy atom. The number of carboxylic acids is 1. The van der Waals surface area contributed by atoms with Gasteiger partial charge in [-0.15, -0.1) is 0 Å². The average molecular weight is 538 g/mol. The lowest BCUT2D eigenvalue weighted by atomic mass is 10.1. The fourth-order valence-electron chi connectivity index (χ4n) is 5.22. The summed E-state index contributed by atoms with van der Waals surface area (Å²) in [6.45, 7) is 7.03. The van der Waals surface area contributed by atoms with E-state index in [-0.39, 0.29) is 6.03 Å². The Kier molecular flexibility index (Phi) is 10.8. The van der Waals surface area contributed by atoms with E-state index >= 15 is 0 Å². The molecule has 9 nitrogen and oxygen atoms in total. The monoisotopic (exact) mass is 537 g/mol. The Labute approximate surface area is 231 Å². The van der Waals surface area contributed by atoms with Gasteiger partial charge in [0.1, 0.15) is 24.2 Å². The molecule has 2 aliphatic rings. The zero-order valence-electron chi connectivity index (χ0n) is 23.1. The highest BCUT2D eigenvalue weighted by molar-refractivity contribution is 5.82. The number of benzene rings is 1. The number of aromatic nitrogens is 1. The van der Waals surface area contributed by atoms with Crippen LogP contribution in [0.5, 0.6) is 5.75 Å². The molecule has 2 amide bonds. The van der Waals surface area contributed by atoms with Crippen molar-refractivity contribution in [2.24, 2.45) is 5.92 Å². The van der Waals surface area contributed by atoms with Gasteiger partial charge in [0.25, 0.3) is 0 Å². The summed E-state index contributed by atoms with van der Waals surface area (Å²) in [7, 11) is 0. The van der Waals surface area contributed by atoms with Crippen LogP contribution >= 0.6 is 0 Å². The first kappa shape index (κ1) is 28.7. The highest BCUT2D eigenvalue weighted by Crippen LogP contribution is 2.20. The summed E-state index contributed by atoms with van der Waals surface area (Å²) >= 11 is 0. The number of carboxylic acid groups (broad SMARTS) is 1. The van der Waals surface area contributed by atoms with Crippen LogP contribution in [0.4, 0.5) is 10.6 Å². The molecule has 0 unspecified atom stereocenters. The Balaban J connectivity index is 1.27. The molecule has 9 heteroatoms. The van der Waals surface area contributed by atoms with Crippen molar-refractivity contribution in [3.05, 3.63) is 53.7 Å². The molecule has 2 aliphatic heterocycles. The molecule has 0 bridgehead atoms. The van der Waals surface area contributed by atoms with Crippen LogP contribution in [0.1, 0.15) is 50.3 Å². The van der Waals surface area contributed by atoms with Gasteiger partial charge in [0.15, 0.2) is 0 Å². The molecule has 1 fully saturated rings. The summed E-state index contributed by atoms with van der Waals surface area (Å²) in [4.78, 5) is 33.3. The van der Waals surface area contributed by atoms with E-state index in [2.05, 4.69) is 34.6 Å². The number of ether oxygens (including phenoxy) is 1. The number of rotatable bonds is 14. The van der Waals surface area contributed by atoms with E-state index in [9.17, 15) is 14.7 Å². The fraction of sp³-hybridized carbons (Fsp3) is 0.567. The summed E-state index contributed by atoms with van der Waals surface area (Å²) in [6.07, 6.45) is 6.41. The van der Waals surface area contributed by atoms with Crippen molar-refractivity contribution < 1.29 is 19.4 Å². The van der Waals surface area contributed by atoms with Crippen molar-refractivity contribution in [1.82, 2.24) is 20.1 Å². The molecule has 3 N–H and O–H groups in total. The van der Waals surface area contributed by atoms with Gasteiger partial charge in [-0.2, -0.15) is 0 Å². The molecule has 4 rings (SSSR count). The van der Waals surface area contributed by atoms with Crippen LogP contribution in [0.2, 0.25) is 0 Å². The molecule has 0 radical (unpaired) electrons. The average Bonchev–Trinajstić information content (AvgIpc) is 3.39. The quantitative estimate of drug-likeness (QED) is 0.312. The molecule has 0 saturated carbocycles. The minimum atomic E-state index is -0.997. The first-order chi connectivity index (χ1) is 19.0. The largest absolute Gasteiger partial charge is 0.492 e. The van der Waals surface area contributed by atoms with Crippen LogP contribution < -0.4 is 15.4 Å². The number of hydrogen-bond donors (Lipinski definition) is 3. The highest BCUT2D eigenvalue weighted by atomic mass is 16.5. The third kappa shape index (κ3) is 9.13. The van der Waals surface area contributed by atoms with Gasteiger partial charge in [-0.3, -0.25) is 4.90 Å². The molecule has 39 heavy (non-hydrogen) atoms. The number of hydrogen-bond acceptors (Lipinski definition) is 6. The Bertz CT molecular complexity index is 1070. The number of amides is 2. The zero-order chi connectivity index (χ0) is 27.5. The molecular weight excluding hydrogens is 494 g/mol. The lowest BCUT2D eigenvalue weighted by molar-refractivity contribution is -0.139. The number of aryl methyl sites for hydroxylation is 2. The molecule has 1 aromatic heterocycles. The molecule has 3 heterocycles. The normalized spacial score (nSPS) is 17.4. The summed E-state index contributed by atoms with van der Waals surface area (Å²) in [5.41, 5.74) is 2.40. The number of likely N-dealkylation sites (tertiary alicyclic amines) is 1. The predicted molar refractivity (Wildman–Crippen MR) is 152 cm³/mol. The molecule has 2 aromatic rings. The number of urea groups is 1. The van der Waals surface area contributed by atoms with Crippen LogP contribution in [0.15, 0.2) is 42.5 Å². The van der Waals surface area contributed by atoms with Gasteiger partial charge in [-0.25, -0.2) is 14.6 Å². The number of nitrogens with zero attached hydrogens (tertiary/aromatic N) is 3. The minimum absolute atomic E-state index is 0.280. The number of para-hydroxylation sites is 1. The number of pyridine rings is 1. The first-order valence-electron chi connectivity index (χ1n) is 14.4. The molecule has 0 spiro atoms. The minimum Gasteiger partial charge on any atom is -0.492 e. The number of fused-ring (bicyclic) bond motifs is 1. The highest BCUT2D eigenvalue weighted by Gasteiger charge is 2.27. The van der Waals surface area contributed by atoms with Crippen molar-refractivity contribution in [3.63, 3.8) is 0 Å². The Hall–Kier alpha value is -3.33. The second-order valence-corrected chi connectivity index (χ2v) is 10.8. The van der Waals surface area contributed by atoms with Crippen molar-refractivity contribution in [3.8, 4) is 5.75 Å². The van der Waals surface area contributed by atoms with Crippen molar-refractivity contribution in [1.29, 1.82) is 0 Å². The van der Waals surface area contributed by atoms with Gasteiger partial charge in [0, 0.05) is 38.4 Å². The van der Waals surface area contributed by atoms with Gasteiger partial charge in [0.05, 0.1) is 0 Å². The van der Waals surface area contributed by atoms with Crippen molar-refractivity contribution in [2.45, 2.75) is 57.9 Å². The maximum Gasteiger partial charge on any atom is 0.326 e. The number of aliphatic carboxylic acids is 1. The summed E-state index contributed by atoms with van der Waals surface area (Å²) < 4.78 is 5.91. The molecule has 1 aromatic carbocycles. The van der Waals surface area contributed by atoms with Crippen LogP contribution in [-0.4, -0.2) is 83.8 Å².